The Morgan fingerprint density at radius 3 is 2.57 bits per heavy atom. The highest BCUT2D eigenvalue weighted by atomic mass is 16.4. The summed E-state index contributed by atoms with van der Waals surface area (Å²) < 4.78 is 0. The highest BCUT2D eigenvalue weighted by Crippen LogP contribution is 2.20. The first-order valence-corrected chi connectivity index (χ1v) is 7.06. The number of amides is 2. The number of aliphatic carboxylic acids is 1. The molecule has 1 rings (SSSR count). The molecule has 0 saturated heterocycles. The van der Waals surface area contributed by atoms with Gasteiger partial charge in [-0.25, -0.2) is 4.79 Å². The minimum atomic E-state index is -0.931. The minimum absolute atomic E-state index is 0.121. The summed E-state index contributed by atoms with van der Waals surface area (Å²) in [5.41, 5.74) is 1.26. The third-order valence-corrected chi connectivity index (χ3v) is 3.78. The summed E-state index contributed by atoms with van der Waals surface area (Å²) in [6.45, 7) is 6.05. The lowest BCUT2D eigenvalue weighted by Crippen LogP contribution is -2.45. The Morgan fingerprint density at radius 1 is 1.38 bits per heavy atom. The number of rotatable bonds is 6. The fraction of sp³-hybridized carbons (Fsp3) is 0.500. The second-order valence-electron chi connectivity index (χ2n) is 5.72. The lowest BCUT2D eigenvalue weighted by atomic mass is 9.88. The van der Waals surface area contributed by atoms with Gasteiger partial charge in [0.05, 0.1) is 5.41 Å². The quantitative estimate of drug-likeness (QED) is 0.847. The summed E-state index contributed by atoms with van der Waals surface area (Å²) in [7, 11) is 1.70. The van der Waals surface area contributed by atoms with E-state index in [0.29, 0.717) is 13.0 Å². The summed E-state index contributed by atoms with van der Waals surface area (Å²) in [4.78, 5) is 24.8. The first kappa shape index (κ1) is 17.0. The Balaban J connectivity index is 2.57. The molecule has 0 aliphatic heterocycles. The molecule has 0 aliphatic carbocycles. The van der Waals surface area contributed by atoms with Crippen LogP contribution in [0.15, 0.2) is 24.3 Å². The smallest absolute Gasteiger partial charge is 0.317 e. The average molecular weight is 292 g/mol. The van der Waals surface area contributed by atoms with E-state index < -0.39 is 11.4 Å². The highest BCUT2D eigenvalue weighted by Gasteiger charge is 2.31. The number of nitrogens with zero attached hydrogens (tertiary/aromatic N) is 1. The number of benzene rings is 1. The second kappa shape index (κ2) is 7.11. The maximum atomic E-state index is 12.0. The minimum Gasteiger partial charge on any atom is -0.481 e. The predicted molar refractivity (Wildman–Crippen MR) is 82.1 cm³/mol. The van der Waals surface area contributed by atoms with Crippen molar-refractivity contribution in [2.24, 2.45) is 5.41 Å². The molecule has 1 aromatic carbocycles. The summed E-state index contributed by atoms with van der Waals surface area (Å²) in [6, 6.07) is 7.68. The first-order chi connectivity index (χ1) is 9.78. The Bertz CT molecular complexity index is 516. The van der Waals surface area contributed by atoms with Crippen LogP contribution < -0.4 is 5.32 Å². The van der Waals surface area contributed by atoms with Gasteiger partial charge in [0.2, 0.25) is 0 Å². The molecule has 0 spiro atoms. The molecule has 5 nitrogen and oxygen atoms in total. The Labute approximate surface area is 126 Å². The van der Waals surface area contributed by atoms with Crippen LogP contribution in [0, 0.1) is 12.3 Å². The highest BCUT2D eigenvalue weighted by molar-refractivity contribution is 5.77. The van der Waals surface area contributed by atoms with Gasteiger partial charge in [0, 0.05) is 20.1 Å². The van der Waals surface area contributed by atoms with Crippen molar-refractivity contribution in [3.8, 4) is 0 Å². The molecular weight excluding hydrogens is 268 g/mol. The monoisotopic (exact) mass is 292 g/mol. The van der Waals surface area contributed by atoms with Gasteiger partial charge in [0.15, 0.2) is 0 Å². The number of carboxylic acid groups (broad SMARTS) is 1. The van der Waals surface area contributed by atoms with Crippen molar-refractivity contribution in [3.63, 3.8) is 0 Å². The second-order valence-corrected chi connectivity index (χ2v) is 5.72. The zero-order valence-electron chi connectivity index (χ0n) is 13.1. The summed E-state index contributed by atoms with van der Waals surface area (Å²) in [5.74, 6) is -0.897. The van der Waals surface area contributed by atoms with E-state index >= 15 is 0 Å². The Morgan fingerprint density at radius 2 is 2.05 bits per heavy atom. The number of aryl methyl sites for hydroxylation is 1. The van der Waals surface area contributed by atoms with Crippen LogP contribution in [0.2, 0.25) is 0 Å². The van der Waals surface area contributed by atoms with E-state index in [0.717, 1.165) is 11.1 Å². The number of hydrogen-bond acceptors (Lipinski definition) is 2. The van der Waals surface area contributed by atoms with E-state index in [-0.39, 0.29) is 12.6 Å². The van der Waals surface area contributed by atoms with Crippen molar-refractivity contribution < 1.29 is 14.7 Å². The molecule has 0 radical (unpaired) electrons. The van der Waals surface area contributed by atoms with Gasteiger partial charge in [-0.3, -0.25) is 4.79 Å². The Kier molecular flexibility index (Phi) is 5.76. The van der Waals surface area contributed by atoms with Crippen LogP contribution in [-0.2, 0) is 11.3 Å². The van der Waals surface area contributed by atoms with Crippen LogP contribution in [0.4, 0.5) is 4.79 Å². The molecule has 0 saturated carbocycles. The summed E-state index contributed by atoms with van der Waals surface area (Å²) in [6.07, 6.45) is 0.463. The third kappa shape index (κ3) is 4.77. The molecule has 0 heterocycles. The zero-order valence-corrected chi connectivity index (χ0v) is 13.1. The van der Waals surface area contributed by atoms with Crippen LogP contribution in [-0.4, -0.2) is 35.6 Å². The maximum Gasteiger partial charge on any atom is 0.317 e. The van der Waals surface area contributed by atoms with Gasteiger partial charge in [0.1, 0.15) is 0 Å². The van der Waals surface area contributed by atoms with Gasteiger partial charge in [-0.2, -0.15) is 0 Å². The van der Waals surface area contributed by atoms with Gasteiger partial charge < -0.3 is 15.3 Å². The van der Waals surface area contributed by atoms with Gasteiger partial charge in [0.25, 0.3) is 0 Å². The SMILES string of the molecule is CCC(C)(CNC(=O)N(C)Cc1cccc(C)c1)C(=O)O. The van der Waals surface area contributed by atoms with Gasteiger partial charge in [-0.05, 0) is 25.8 Å². The molecule has 1 atom stereocenters. The van der Waals surface area contributed by atoms with Crippen molar-refractivity contribution in [3.05, 3.63) is 35.4 Å². The molecule has 116 valence electrons. The van der Waals surface area contributed by atoms with E-state index in [1.165, 1.54) is 0 Å². The number of carboxylic acids is 1. The molecule has 0 bridgehead atoms. The van der Waals surface area contributed by atoms with Crippen molar-refractivity contribution >= 4 is 12.0 Å². The standard InChI is InChI=1S/C16H24N2O3/c1-5-16(3,14(19)20)11-17-15(21)18(4)10-13-8-6-7-12(2)9-13/h6-9H,5,10-11H2,1-4H3,(H,17,21)(H,19,20). The van der Waals surface area contributed by atoms with E-state index in [1.54, 1.807) is 25.8 Å². The molecule has 1 aromatic rings. The number of urea groups is 1. The Hall–Kier alpha value is -2.04. The zero-order chi connectivity index (χ0) is 16.0. The first-order valence-electron chi connectivity index (χ1n) is 7.06. The van der Waals surface area contributed by atoms with Crippen molar-refractivity contribution in [2.75, 3.05) is 13.6 Å². The van der Waals surface area contributed by atoms with Crippen LogP contribution in [0.5, 0.6) is 0 Å². The van der Waals surface area contributed by atoms with E-state index in [1.807, 2.05) is 31.2 Å². The van der Waals surface area contributed by atoms with Crippen molar-refractivity contribution in [1.29, 1.82) is 0 Å². The van der Waals surface area contributed by atoms with Gasteiger partial charge in [-0.15, -0.1) is 0 Å². The lowest BCUT2D eigenvalue weighted by Gasteiger charge is -2.25. The number of nitrogens with one attached hydrogen (secondary N) is 1. The van der Waals surface area contributed by atoms with Crippen LogP contribution in [0.3, 0.4) is 0 Å². The fourth-order valence-corrected chi connectivity index (χ4v) is 1.91. The molecule has 21 heavy (non-hydrogen) atoms. The average Bonchev–Trinajstić information content (AvgIpc) is 2.44. The van der Waals surface area contributed by atoms with Gasteiger partial charge >= 0.3 is 12.0 Å². The number of hydrogen-bond donors (Lipinski definition) is 2. The molecule has 2 amide bonds. The van der Waals surface area contributed by atoms with E-state index in [2.05, 4.69) is 5.32 Å². The number of carbonyl (C=O) groups excluding carboxylic acids is 1. The topological polar surface area (TPSA) is 69.6 Å². The molecule has 0 fully saturated rings. The van der Waals surface area contributed by atoms with Gasteiger partial charge in [-0.1, -0.05) is 36.8 Å². The molecule has 1 unspecified atom stereocenters. The lowest BCUT2D eigenvalue weighted by molar-refractivity contribution is -0.147. The number of carbonyl (C=O) groups is 2. The van der Waals surface area contributed by atoms with E-state index in [9.17, 15) is 14.7 Å². The predicted octanol–water partition coefficient (Wildman–Crippen LogP) is 2.64. The van der Waals surface area contributed by atoms with Crippen molar-refractivity contribution in [1.82, 2.24) is 10.2 Å². The maximum absolute atomic E-state index is 12.0. The fourth-order valence-electron chi connectivity index (χ4n) is 1.91. The molecular formula is C16H24N2O3. The largest absolute Gasteiger partial charge is 0.481 e. The summed E-state index contributed by atoms with van der Waals surface area (Å²) in [5, 5.41) is 11.9. The van der Waals surface area contributed by atoms with Crippen LogP contribution in [0.25, 0.3) is 0 Å². The van der Waals surface area contributed by atoms with Crippen LogP contribution >= 0.6 is 0 Å². The van der Waals surface area contributed by atoms with Crippen LogP contribution in [0.1, 0.15) is 31.4 Å². The molecule has 0 aliphatic rings. The normalized spacial score (nSPS) is 13.3. The molecule has 5 heteroatoms. The van der Waals surface area contributed by atoms with Crippen molar-refractivity contribution in [2.45, 2.75) is 33.7 Å². The summed E-state index contributed by atoms with van der Waals surface area (Å²) >= 11 is 0. The molecule has 0 aromatic heterocycles. The molecule has 2 N–H and O–H groups in total. The third-order valence-electron chi connectivity index (χ3n) is 3.78. The van der Waals surface area contributed by atoms with E-state index in [4.69, 9.17) is 0 Å².